The van der Waals surface area contributed by atoms with E-state index in [1.165, 1.54) is 17.9 Å². The number of imidazole rings is 1. The number of hydrogen-bond donors (Lipinski definition) is 1. The molecule has 1 aliphatic carbocycles. The van der Waals surface area contributed by atoms with E-state index in [-0.39, 0.29) is 23.0 Å². The van der Waals surface area contributed by atoms with Gasteiger partial charge in [0.2, 0.25) is 5.03 Å². The van der Waals surface area contributed by atoms with E-state index in [0.717, 1.165) is 0 Å². The standard InChI is InChI=1S/C11H15ClF3N3O2S/c1-18-6-16-10(9(18)12)21(19,20)17-8-4-2-3-7(5-8)11(13,14)15/h6-8,17H,2-5H2,1H3. The fraction of sp³-hybridized carbons (Fsp3) is 0.727. The molecule has 1 saturated carbocycles. The molecule has 10 heteroatoms. The van der Waals surface area contributed by atoms with E-state index in [2.05, 4.69) is 9.71 Å². The quantitative estimate of drug-likeness (QED) is 0.915. The Bertz CT molecular complexity index is 615. The van der Waals surface area contributed by atoms with E-state index in [1.54, 1.807) is 0 Å². The zero-order valence-electron chi connectivity index (χ0n) is 11.2. The van der Waals surface area contributed by atoms with E-state index in [9.17, 15) is 21.6 Å². The van der Waals surface area contributed by atoms with Gasteiger partial charge in [0.25, 0.3) is 10.0 Å². The second-order valence-electron chi connectivity index (χ2n) is 5.17. The lowest BCUT2D eigenvalue weighted by Crippen LogP contribution is -2.41. The molecule has 21 heavy (non-hydrogen) atoms. The topological polar surface area (TPSA) is 64.0 Å². The molecule has 0 saturated heterocycles. The third-order valence-corrected chi connectivity index (χ3v) is 5.56. The highest BCUT2D eigenvalue weighted by molar-refractivity contribution is 7.89. The monoisotopic (exact) mass is 345 g/mol. The number of rotatable bonds is 3. The Labute approximate surface area is 125 Å². The lowest BCUT2D eigenvalue weighted by atomic mass is 9.86. The maximum absolute atomic E-state index is 12.7. The SMILES string of the molecule is Cn1cnc(S(=O)(=O)NC2CCCC(C(F)(F)F)C2)c1Cl. The van der Waals surface area contributed by atoms with Crippen molar-refractivity contribution in [3.05, 3.63) is 11.5 Å². The minimum atomic E-state index is -4.30. The summed E-state index contributed by atoms with van der Waals surface area (Å²) in [6.07, 6.45) is -2.59. The van der Waals surface area contributed by atoms with Crippen LogP contribution in [0.1, 0.15) is 25.7 Å². The molecular weight excluding hydrogens is 331 g/mol. The van der Waals surface area contributed by atoms with Crippen LogP contribution in [0.3, 0.4) is 0 Å². The van der Waals surface area contributed by atoms with Gasteiger partial charge in [0.15, 0.2) is 0 Å². The summed E-state index contributed by atoms with van der Waals surface area (Å²) in [7, 11) is -2.50. The maximum atomic E-state index is 12.7. The Balaban J connectivity index is 2.12. The number of hydrogen-bond acceptors (Lipinski definition) is 3. The molecule has 2 atom stereocenters. The highest BCUT2D eigenvalue weighted by Crippen LogP contribution is 2.37. The van der Waals surface area contributed by atoms with Crippen molar-refractivity contribution in [2.45, 2.75) is 42.9 Å². The number of alkyl halides is 3. The lowest BCUT2D eigenvalue weighted by Gasteiger charge is -2.30. The first kappa shape index (κ1) is 16.6. The number of sulfonamides is 1. The van der Waals surface area contributed by atoms with Gasteiger partial charge in [0.1, 0.15) is 5.15 Å². The number of nitrogens with one attached hydrogen (secondary N) is 1. The Morgan fingerprint density at radius 1 is 1.43 bits per heavy atom. The number of nitrogens with zero attached hydrogens (tertiary/aromatic N) is 2. The largest absolute Gasteiger partial charge is 0.391 e. The molecule has 0 amide bonds. The molecule has 2 unspecified atom stereocenters. The zero-order chi connectivity index (χ0) is 15.8. The van der Waals surface area contributed by atoms with Crippen molar-refractivity contribution in [3.63, 3.8) is 0 Å². The molecule has 0 aromatic carbocycles. The van der Waals surface area contributed by atoms with Crippen molar-refractivity contribution in [2.75, 3.05) is 0 Å². The minimum absolute atomic E-state index is 0.0338. The van der Waals surface area contributed by atoms with Gasteiger partial charge in [-0.25, -0.2) is 18.1 Å². The Kier molecular flexibility index (Phi) is 4.55. The molecule has 0 radical (unpaired) electrons. The smallest absolute Gasteiger partial charge is 0.324 e. The van der Waals surface area contributed by atoms with Gasteiger partial charge in [-0.1, -0.05) is 18.0 Å². The molecule has 1 fully saturated rings. The second-order valence-corrected chi connectivity index (χ2v) is 7.16. The van der Waals surface area contributed by atoms with Crippen LogP contribution in [-0.4, -0.2) is 30.2 Å². The molecule has 120 valence electrons. The van der Waals surface area contributed by atoms with Crippen LogP contribution in [0.25, 0.3) is 0 Å². The molecule has 1 N–H and O–H groups in total. The van der Waals surface area contributed by atoms with Gasteiger partial charge in [-0.05, 0) is 19.3 Å². The average Bonchev–Trinajstić information content (AvgIpc) is 2.69. The summed E-state index contributed by atoms with van der Waals surface area (Å²) in [5, 5.41) is -0.438. The van der Waals surface area contributed by atoms with Crippen LogP contribution in [0.5, 0.6) is 0 Å². The normalized spacial score (nSPS) is 24.2. The van der Waals surface area contributed by atoms with Crippen molar-refractivity contribution in [2.24, 2.45) is 13.0 Å². The van der Waals surface area contributed by atoms with Gasteiger partial charge in [-0.15, -0.1) is 0 Å². The summed E-state index contributed by atoms with van der Waals surface area (Å²) < 4.78 is 66.0. The van der Waals surface area contributed by atoms with E-state index in [0.29, 0.717) is 12.8 Å². The third-order valence-electron chi connectivity index (χ3n) is 3.55. The predicted molar refractivity (Wildman–Crippen MR) is 70.3 cm³/mol. The Hall–Kier alpha value is -0.800. The van der Waals surface area contributed by atoms with Gasteiger partial charge in [0, 0.05) is 13.1 Å². The molecule has 0 aliphatic heterocycles. The first-order chi connectivity index (χ1) is 9.61. The zero-order valence-corrected chi connectivity index (χ0v) is 12.8. The number of aromatic nitrogens is 2. The van der Waals surface area contributed by atoms with Crippen molar-refractivity contribution in [1.82, 2.24) is 14.3 Å². The second kappa shape index (κ2) is 5.77. The molecule has 1 aromatic heterocycles. The van der Waals surface area contributed by atoms with E-state index in [4.69, 9.17) is 11.6 Å². The highest BCUT2D eigenvalue weighted by Gasteiger charge is 2.43. The fourth-order valence-corrected chi connectivity index (χ4v) is 4.16. The lowest BCUT2D eigenvalue weighted by molar-refractivity contribution is -0.183. The van der Waals surface area contributed by atoms with Crippen molar-refractivity contribution in [1.29, 1.82) is 0 Å². The van der Waals surface area contributed by atoms with E-state index >= 15 is 0 Å². The van der Waals surface area contributed by atoms with Gasteiger partial charge in [-0.3, -0.25) is 0 Å². The van der Waals surface area contributed by atoms with Crippen LogP contribution in [0, 0.1) is 5.92 Å². The van der Waals surface area contributed by atoms with Crippen molar-refractivity contribution < 1.29 is 21.6 Å². The average molecular weight is 346 g/mol. The van der Waals surface area contributed by atoms with Crippen molar-refractivity contribution >= 4 is 21.6 Å². The van der Waals surface area contributed by atoms with Gasteiger partial charge in [0.05, 0.1) is 12.2 Å². The molecule has 1 aliphatic rings. The molecular formula is C11H15ClF3N3O2S. The number of aryl methyl sites for hydroxylation is 1. The summed E-state index contributed by atoms with van der Waals surface area (Å²) in [4.78, 5) is 3.68. The van der Waals surface area contributed by atoms with Crippen LogP contribution in [0.2, 0.25) is 5.15 Å². The Morgan fingerprint density at radius 3 is 2.62 bits per heavy atom. The fourth-order valence-electron chi connectivity index (χ4n) is 2.44. The molecule has 1 heterocycles. The Morgan fingerprint density at radius 2 is 2.10 bits per heavy atom. The van der Waals surface area contributed by atoms with Gasteiger partial charge < -0.3 is 4.57 Å². The minimum Gasteiger partial charge on any atom is -0.324 e. The first-order valence-corrected chi connectivity index (χ1v) is 8.23. The third kappa shape index (κ3) is 3.70. The first-order valence-electron chi connectivity index (χ1n) is 6.37. The van der Waals surface area contributed by atoms with Crippen LogP contribution < -0.4 is 4.72 Å². The number of halogens is 4. The van der Waals surface area contributed by atoms with Crippen LogP contribution >= 0.6 is 11.6 Å². The molecule has 2 rings (SSSR count). The molecule has 0 bridgehead atoms. The van der Waals surface area contributed by atoms with Gasteiger partial charge in [-0.2, -0.15) is 13.2 Å². The van der Waals surface area contributed by atoms with E-state index in [1.807, 2.05) is 0 Å². The molecule has 0 spiro atoms. The maximum Gasteiger partial charge on any atom is 0.391 e. The summed E-state index contributed by atoms with van der Waals surface area (Å²) in [5.41, 5.74) is 0. The van der Waals surface area contributed by atoms with Crippen LogP contribution in [-0.2, 0) is 17.1 Å². The van der Waals surface area contributed by atoms with Crippen LogP contribution in [0.4, 0.5) is 13.2 Å². The predicted octanol–water partition coefficient (Wildman–Crippen LogP) is 2.47. The summed E-state index contributed by atoms with van der Waals surface area (Å²) in [5.74, 6) is -1.47. The van der Waals surface area contributed by atoms with E-state index < -0.39 is 28.2 Å². The van der Waals surface area contributed by atoms with Gasteiger partial charge >= 0.3 is 6.18 Å². The van der Waals surface area contributed by atoms with Crippen LogP contribution in [0.15, 0.2) is 11.4 Å². The summed E-state index contributed by atoms with van der Waals surface area (Å²) in [6, 6.07) is -0.756. The summed E-state index contributed by atoms with van der Waals surface area (Å²) >= 11 is 5.81. The molecule has 5 nitrogen and oxygen atoms in total. The molecule has 1 aromatic rings. The van der Waals surface area contributed by atoms with Crippen molar-refractivity contribution in [3.8, 4) is 0 Å². The highest BCUT2D eigenvalue weighted by atomic mass is 35.5. The summed E-state index contributed by atoms with van der Waals surface area (Å²) in [6.45, 7) is 0.